The molecule has 0 saturated heterocycles. The SMILES string of the molecule is COc1ccc(C2=NN(C(=O)CSc3nnc(CNC(=O)c4ccco4)n3-c3ccc([N+](=O)[O-])cc3)[C@H](c3ccc(OC)cc3)C2)cc1. The molecule has 15 heteroatoms. The predicted molar refractivity (Wildman–Crippen MR) is 175 cm³/mol. The highest BCUT2D eigenvalue weighted by molar-refractivity contribution is 7.99. The van der Waals surface area contributed by atoms with E-state index in [0.29, 0.717) is 34.6 Å². The zero-order valence-electron chi connectivity index (χ0n) is 25.8. The van der Waals surface area contributed by atoms with Gasteiger partial charge in [-0.2, -0.15) is 5.10 Å². The van der Waals surface area contributed by atoms with Crippen molar-refractivity contribution in [3.63, 3.8) is 0 Å². The number of nitrogens with one attached hydrogen (secondary N) is 1. The molecule has 14 nitrogen and oxygen atoms in total. The van der Waals surface area contributed by atoms with Gasteiger partial charge >= 0.3 is 0 Å². The fourth-order valence-corrected chi connectivity index (χ4v) is 5.94. The van der Waals surface area contributed by atoms with E-state index < -0.39 is 10.8 Å². The van der Waals surface area contributed by atoms with Gasteiger partial charge in [0.1, 0.15) is 11.5 Å². The van der Waals surface area contributed by atoms with Crippen molar-refractivity contribution in [2.75, 3.05) is 20.0 Å². The summed E-state index contributed by atoms with van der Waals surface area (Å²) in [4.78, 5) is 37.2. The summed E-state index contributed by atoms with van der Waals surface area (Å²) in [6, 6.07) is 23.6. The number of benzene rings is 3. The molecular weight excluding hydrogens is 638 g/mol. The number of hydrogen-bond acceptors (Lipinski definition) is 11. The molecule has 0 fully saturated rings. The molecule has 0 saturated carbocycles. The number of aromatic nitrogens is 3. The first-order chi connectivity index (χ1) is 23.3. The van der Waals surface area contributed by atoms with Gasteiger partial charge in [0.15, 0.2) is 16.7 Å². The lowest BCUT2D eigenvalue weighted by atomic mass is 9.98. The summed E-state index contributed by atoms with van der Waals surface area (Å²) in [7, 11) is 3.19. The molecule has 0 radical (unpaired) electrons. The van der Waals surface area contributed by atoms with Gasteiger partial charge in [-0.25, -0.2) is 5.01 Å². The van der Waals surface area contributed by atoms with Crippen LogP contribution in [-0.2, 0) is 11.3 Å². The Labute approximate surface area is 278 Å². The van der Waals surface area contributed by atoms with Crippen molar-refractivity contribution in [3.8, 4) is 17.2 Å². The third kappa shape index (κ3) is 6.90. The second kappa shape index (κ2) is 14.2. The first kappa shape index (κ1) is 32.0. The van der Waals surface area contributed by atoms with Crippen LogP contribution < -0.4 is 14.8 Å². The fourth-order valence-electron chi connectivity index (χ4n) is 5.12. The van der Waals surface area contributed by atoms with Gasteiger partial charge in [-0.3, -0.25) is 24.3 Å². The summed E-state index contributed by atoms with van der Waals surface area (Å²) >= 11 is 1.13. The maximum Gasteiger partial charge on any atom is 0.287 e. The number of furan rings is 1. The summed E-state index contributed by atoms with van der Waals surface area (Å²) < 4.78 is 17.4. The molecule has 6 rings (SSSR count). The monoisotopic (exact) mass is 667 g/mol. The summed E-state index contributed by atoms with van der Waals surface area (Å²) in [6.45, 7) is -0.0286. The van der Waals surface area contributed by atoms with Crippen molar-refractivity contribution in [1.82, 2.24) is 25.1 Å². The van der Waals surface area contributed by atoms with Gasteiger partial charge in [0.05, 0.1) is 49.5 Å². The van der Waals surface area contributed by atoms with Gasteiger partial charge in [-0.1, -0.05) is 23.9 Å². The van der Waals surface area contributed by atoms with Crippen molar-refractivity contribution in [3.05, 3.63) is 124 Å². The normalized spacial score (nSPS) is 14.0. The molecule has 1 atom stereocenters. The zero-order chi connectivity index (χ0) is 33.6. The number of non-ortho nitro benzene ring substituents is 1. The lowest BCUT2D eigenvalue weighted by Crippen LogP contribution is -2.28. The third-order valence-electron chi connectivity index (χ3n) is 7.59. The second-order valence-corrected chi connectivity index (χ2v) is 11.4. The minimum absolute atomic E-state index is 0.0286. The molecule has 244 valence electrons. The van der Waals surface area contributed by atoms with Crippen LogP contribution in [0.15, 0.2) is 106 Å². The van der Waals surface area contributed by atoms with Crippen molar-refractivity contribution in [2.45, 2.75) is 24.2 Å². The average Bonchev–Trinajstić information content (AvgIpc) is 3.90. The number of carbonyl (C=O) groups excluding carboxylic acids is 2. The summed E-state index contributed by atoms with van der Waals surface area (Å²) in [6.07, 6.45) is 1.89. The summed E-state index contributed by atoms with van der Waals surface area (Å²) in [5.41, 5.74) is 2.94. The fraction of sp³-hybridized carbons (Fsp3) is 0.182. The molecule has 0 unspecified atom stereocenters. The van der Waals surface area contributed by atoms with Gasteiger partial charge in [-0.15, -0.1) is 10.2 Å². The van der Waals surface area contributed by atoms with E-state index in [1.807, 2.05) is 48.5 Å². The number of hydrazone groups is 1. The lowest BCUT2D eigenvalue weighted by Gasteiger charge is -2.22. The van der Waals surface area contributed by atoms with Crippen LogP contribution in [0.1, 0.15) is 40.0 Å². The maximum atomic E-state index is 13.9. The predicted octanol–water partition coefficient (Wildman–Crippen LogP) is 5.19. The summed E-state index contributed by atoms with van der Waals surface area (Å²) in [5.74, 6) is 1.12. The molecule has 48 heavy (non-hydrogen) atoms. The summed E-state index contributed by atoms with van der Waals surface area (Å²) in [5, 5.41) is 29.2. The van der Waals surface area contributed by atoms with Gasteiger partial charge in [0.25, 0.3) is 17.5 Å². The van der Waals surface area contributed by atoms with E-state index in [-0.39, 0.29) is 35.7 Å². The molecule has 0 aliphatic carbocycles. The van der Waals surface area contributed by atoms with E-state index in [9.17, 15) is 19.7 Å². The number of nitro groups is 1. The molecule has 0 spiro atoms. The Kier molecular flexibility index (Phi) is 9.47. The standard InChI is InChI=1S/C33H29N7O7S/c1-45-25-13-5-21(6-14-25)27-18-28(22-7-15-26(46-2)16-8-22)39(37-27)31(41)20-48-33-36-35-30(19-34-32(42)29-4-3-17-47-29)38(33)23-9-11-24(12-10-23)40(43)44/h3-17,28H,18-20H2,1-2H3,(H,34,42)/t28-/m0/s1. The number of carbonyl (C=O) groups is 2. The van der Waals surface area contributed by atoms with Gasteiger partial charge in [0, 0.05) is 24.2 Å². The molecular formula is C33H29N7O7S. The quantitative estimate of drug-likeness (QED) is 0.106. The highest BCUT2D eigenvalue weighted by Crippen LogP contribution is 2.35. The average molecular weight is 668 g/mol. The Bertz CT molecular complexity index is 1940. The van der Waals surface area contributed by atoms with Crippen LogP contribution in [0.5, 0.6) is 11.5 Å². The first-order valence-electron chi connectivity index (χ1n) is 14.7. The lowest BCUT2D eigenvalue weighted by molar-refractivity contribution is -0.384. The van der Waals surface area contributed by atoms with E-state index >= 15 is 0 Å². The van der Waals surface area contributed by atoms with Crippen LogP contribution >= 0.6 is 11.8 Å². The van der Waals surface area contributed by atoms with Crippen LogP contribution in [0.3, 0.4) is 0 Å². The number of hydrogen-bond donors (Lipinski definition) is 1. The number of amides is 2. The Morgan fingerprint density at radius 1 is 0.979 bits per heavy atom. The van der Waals surface area contributed by atoms with Crippen molar-refractivity contribution in [2.24, 2.45) is 5.10 Å². The minimum Gasteiger partial charge on any atom is -0.497 e. The van der Waals surface area contributed by atoms with Crippen molar-refractivity contribution < 1.29 is 28.4 Å². The van der Waals surface area contributed by atoms with Crippen LogP contribution in [0, 0.1) is 10.1 Å². The van der Waals surface area contributed by atoms with Gasteiger partial charge in [0.2, 0.25) is 0 Å². The molecule has 0 bridgehead atoms. The number of nitrogens with zero attached hydrogens (tertiary/aromatic N) is 6. The van der Waals surface area contributed by atoms with Crippen LogP contribution in [0.2, 0.25) is 0 Å². The third-order valence-corrected chi connectivity index (χ3v) is 8.50. The molecule has 1 aliphatic rings. The molecule has 2 aromatic heterocycles. The number of rotatable bonds is 12. The molecule has 3 heterocycles. The van der Waals surface area contributed by atoms with Crippen molar-refractivity contribution >= 4 is 35.0 Å². The van der Waals surface area contributed by atoms with Crippen LogP contribution in [0.25, 0.3) is 5.69 Å². The first-order valence-corrected chi connectivity index (χ1v) is 15.6. The van der Waals surface area contributed by atoms with Gasteiger partial charge in [-0.05, 0) is 71.8 Å². The molecule has 2 amide bonds. The van der Waals surface area contributed by atoms with Gasteiger partial charge < -0.3 is 19.2 Å². The smallest absolute Gasteiger partial charge is 0.287 e. The van der Waals surface area contributed by atoms with Crippen LogP contribution in [0.4, 0.5) is 5.69 Å². The Hall–Kier alpha value is -5.96. The second-order valence-electron chi connectivity index (χ2n) is 10.5. The van der Waals surface area contributed by atoms with E-state index in [1.54, 1.807) is 37.0 Å². The van der Waals surface area contributed by atoms with E-state index in [4.69, 9.17) is 19.0 Å². The molecule has 5 aromatic rings. The number of methoxy groups -OCH3 is 2. The zero-order valence-corrected chi connectivity index (χ0v) is 26.6. The Morgan fingerprint density at radius 3 is 2.29 bits per heavy atom. The molecule has 1 N–H and O–H groups in total. The van der Waals surface area contributed by atoms with E-state index in [1.165, 1.54) is 29.5 Å². The highest BCUT2D eigenvalue weighted by Gasteiger charge is 2.33. The maximum absolute atomic E-state index is 13.9. The Morgan fingerprint density at radius 2 is 1.67 bits per heavy atom. The Balaban J connectivity index is 1.26. The number of thioether (sulfide) groups is 1. The topological polar surface area (TPSA) is 167 Å². The van der Waals surface area contributed by atoms with Crippen molar-refractivity contribution in [1.29, 1.82) is 0 Å². The van der Waals surface area contributed by atoms with E-state index in [2.05, 4.69) is 15.5 Å². The number of nitro benzene ring substituents is 1. The number of ether oxygens (including phenoxy) is 2. The minimum atomic E-state index is -0.495. The molecule has 1 aliphatic heterocycles. The highest BCUT2D eigenvalue weighted by atomic mass is 32.2. The van der Waals surface area contributed by atoms with E-state index in [0.717, 1.165) is 28.6 Å². The molecule has 3 aromatic carbocycles. The largest absolute Gasteiger partial charge is 0.497 e. The van der Waals surface area contributed by atoms with Crippen LogP contribution in [-0.4, -0.2) is 62.2 Å².